The molecule has 0 aliphatic carbocycles. The summed E-state index contributed by atoms with van der Waals surface area (Å²) in [6.45, 7) is -0.602. The van der Waals surface area contributed by atoms with Crippen molar-refractivity contribution in [2.45, 2.75) is 0 Å². The highest BCUT2D eigenvalue weighted by Gasteiger charge is 2.21. The Morgan fingerprint density at radius 3 is 2.38 bits per heavy atom. The Morgan fingerprint density at radius 2 is 1.83 bits per heavy atom. The lowest BCUT2D eigenvalue weighted by molar-refractivity contribution is -0.384. The zero-order valence-electron chi connectivity index (χ0n) is 14.7. The number of benzene rings is 2. The number of halogens is 3. The van der Waals surface area contributed by atoms with E-state index in [1.54, 1.807) is 0 Å². The molecule has 1 amide bonds. The van der Waals surface area contributed by atoms with Gasteiger partial charge in [-0.3, -0.25) is 19.2 Å². The number of rotatable bonds is 7. The maximum absolute atomic E-state index is 12.2. The van der Waals surface area contributed by atoms with Crippen LogP contribution in [0, 0.1) is 10.1 Å². The number of nitro benzene ring substituents is 1. The van der Waals surface area contributed by atoms with Gasteiger partial charge in [0.25, 0.3) is 11.6 Å². The summed E-state index contributed by atoms with van der Waals surface area (Å²) in [7, 11) is -3.84. The number of nitrogens with one attached hydrogen (secondary N) is 1. The number of carbonyl (C=O) groups excluding carboxylic acids is 1. The molecule has 0 atom stereocenters. The van der Waals surface area contributed by atoms with E-state index in [4.69, 9.17) is 34.8 Å². The quantitative estimate of drug-likeness (QED) is 0.370. The molecule has 0 saturated carbocycles. The highest BCUT2D eigenvalue weighted by molar-refractivity contribution is 7.92. The molecule has 0 aromatic heterocycles. The molecule has 0 saturated heterocycles. The van der Waals surface area contributed by atoms with Crippen molar-refractivity contribution in [2.24, 2.45) is 5.10 Å². The van der Waals surface area contributed by atoms with Crippen LogP contribution in [0.5, 0.6) is 0 Å². The van der Waals surface area contributed by atoms with Crippen LogP contribution >= 0.6 is 34.8 Å². The number of non-ortho nitro benzene ring substituents is 1. The van der Waals surface area contributed by atoms with Gasteiger partial charge in [0.1, 0.15) is 6.54 Å². The normalized spacial score (nSPS) is 11.4. The molecule has 154 valence electrons. The van der Waals surface area contributed by atoms with Crippen LogP contribution in [-0.2, 0) is 14.8 Å². The molecule has 29 heavy (non-hydrogen) atoms. The molecular weight excluding hydrogens is 467 g/mol. The molecule has 0 fully saturated rings. The van der Waals surface area contributed by atoms with Crippen molar-refractivity contribution < 1.29 is 18.1 Å². The van der Waals surface area contributed by atoms with Crippen molar-refractivity contribution >= 4 is 68.3 Å². The number of hydrazone groups is 1. The zero-order valence-corrected chi connectivity index (χ0v) is 17.8. The average Bonchev–Trinajstić information content (AvgIpc) is 2.59. The van der Waals surface area contributed by atoms with Gasteiger partial charge in [-0.2, -0.15) is 5.10 Å². The number of hydrogen-bond donors (Lipinski definition) is 1. The third kappa shape index (κ3) is 6.57. The number of carbonyl (C=O) groups is 1. The van der Waals surface area contributed by atoms with E-state index < -0.39 is 27.4 Å². The van der Waals surface area contributed by atoms with E-state index >= 15 is 0 Å². The van der Waals surface area contributed by atoms with Gasteiger partial charge in [-0.05, 0) is 24.3 Å². The van der Waals surface area contributed by atoms with Gasteiger partial charge >= 0.3 is 0 Å². The summed E-state index contributed by atoms with van der Waals surface area (Å²) >= 11 is 17.7. The van der Waals surface area contributed by atoms with Crippen LogP contribution in [0.2, 0.25) is 15.1 Å². The average molecular weight is 480 g/mol. The van der Waals surface area contributed by atoms with Gasteiger partial charge in [0.2, 0.25) is 10.0 Å². The molecule has 2 aromatic rings. The second kappa shape index (κ2) is 9.40. The van der Waals surface area contributed by atoms with Crippen LogP contribution in [0.4, 0.5) is 11.4 Å². The van der Waals surface area contributed by atoms with E-state index in [1.165, 1.54) is 36.4 Å². The Hall–Kier alpha value is -2.40. The lowest BCUT2D eigenvalue weighted by atomic mass is 10.2. The molecule has 2 rings (SSSR count). The largest absolute Gasteiger partial charge is 0.271 e. The maximum Gasteiger partial charge on any atom is 0.270 e. The molecule has 0 bridgehead atoms. The van der Waals surface area contributed by atoms with Gasteiger partial charge in [0.15, 0.2) is 0 Å². The number of sulfonamides is 1. The fraction of sp³-hybridized carbons (Fsp3) is 0.125. The Labute approximate surface area is 181 Å². The molecule has 1 N–H and O–H groups in total. The minimum atomic E-state index is -3.84. The minimum absolute atomic E-state index is 0.103. The van der Waals surface area contributed by atoms with Crippen LogP contribution < -0.4 is 9.73 Å². The lowest BCUT2D eigenvalue weighted by Crippen LogP contribution is -2.39. The Kier molecular flexibility index (Phi) is 7.42. The molecular formula is C16H13Cl3N4O5S. The first-order valence-corrected chi connectivity index (χ1v) is 10.7. The SMILES string of the molecule is CS(=O)(=O)N(CC(=O)N/N=C/c1cc([N+](=O)[O-])ccc1Cl)c1cc(Cl)cc(Cl)c1. The van der Waals surface area contributed by atoms with Crippen molar-refractivity contribution in [1.82, 2.24) is 5.43 Å². The molecule has 0 spiro atoms. The number of anilines is 1. The van der Waals surface area contributed by atoms with E-state index in [0.717, 1.165) is 16.8 Å². The molecule has 0 heterocycles. The molecule has 0 unspecified atom stereocenters. The van der Waals surface area contributed by atoms with Crippen LogP contribution in [-0.4, -0.2) is 38.3 Å². The van der Waals surface area contributed by atoms with Crippen molar-refractivity contribution in [3.05, 3.63) is 67.1 Å². The van der Waals surface area contributed by atoms with Gasteiger partial charge < -0.3 is 0 Å². The van der Waals surface area contributed by atoms with Gasteiger partial charge in [0, 0.05) is 32.8 Å². The van der Waals surface area contributed by atoms with Crippen LogP contribution in [0.1, 0.15) is 5.56 Å². The van der Waals surface area contributed by atoms with Gasteiger partial charge in [-0.15, -0.1) is 0 Å². The van der Waals surface area contributed by atoms with Crippen molar-refractivity contribution in [1.29, 1.82) is 0 Å². The predicted octanol–water partition coefficient (Wildman–Crippen LogP) is 3.47. The number of amides is 1. The summed E-state index contributed by atoms with van der Waals surface area (Å²) in [5.41, 5.74) is 2.23. The molecule has 0 aliphatic rings. The second-order valence-electron chi connectivity index (χ2n) is 5.65. The smallest absolute Gasteiger partial charge is 0.270 e. The zero-order chi connectivity index (χ0) is 21.8. The molecule has 2 aromatic carbocycles. The maximum atomic E-state index is 12.2. The first kappa shape index (κ1) is 22.9. The molecule has 0 aliphatic heterocycles. The summed E-state index contributed by atoms with van der Waals surface area (Å²) in [4.78, 5) is 22.4. The number of hydrogen-bond acceptors (Lipinski definition) is 6. The topological polar surface area (TPSA) is 122 Å². The summed E-state index contributed by atoms with van der Waals surface area (Å²) in [6.07, 6.45) is 2.02. The van der Waals surface area contributed by atoms with E-state index in [9.17, 15) is 23.3 Å². The van der Waals surface area contributed by atoms with Gasteiger partial charge in [-0.1, -0.05) is 34.8 Å². The van der Waals surface area contributed by atoms with Crippen molar-refractivity contribution in [3.8, 4) is 0 Å². The van der Waals surface area contributed by atoms with Crippen molar-refractivity contribution in [3.63, 3.8) is 0 Å². The Balaban J connectivity index is 2.16. The van der Waals surface area contributed by atoms with E-state index in [0.29, 0.717) is 0 Å². The Bertz CT molecular complexity index is 1070. The van der Waals surface area contributed by atoms with Crippen molar-refractivity contribution in [2.75, 3.05) is 17.1 Å². The predicted molar refractivity (Wildman–Crippen MR) is 112 cm³/mol. The highest BCUT2D eigenvalue weighted by Crippen LogP contribution is 2.27. The van der Waals surface area contributed by atoms with E-state index in [2.05, 4.69) is 10.5 Å². The molecule has 13 heteroatoms. The highest BCUT2D eigenvalue weighted by atomic mass is 35.5. The fourth-order valence-electron chi connectivity index (χ4n) is 2.17. The minimum Gasteiger partial charge on any atom is -0.271 e. The molecule has 0 radical (unpaired) electrons. The summed E-state index contributed by atoms with van der Waals surface area (Å²) in [6, 6.07) is 7.81. The van der Waals surface area contributed by atoms with Crippen LogP contribution in [0.3, 0.4) is 0 Å². The summed E-state index contributed by atoms with van der Waals surface area (Å²) < 4.78 is 24.9. The number of nitro groups is 1. The van der Waals surface area contributed by atoms with E-state index in [-0.39, 0.29) is 32.0 Å². The number of nitrogens with zero attached hydrogens (tertiary/aromatic N) is 3. The lowest BCUT2D eigenvalue weighted by Gasteiger charge is -2.21. The Morgan fingerprint density at radius 1 is 1.21 bits per heavy atom. The molecule has 9 nitrogen and oxygen atoms in total. The van der Waals surface area contributed by atoms with E-state index in [1.807, 2.05) is 0 Å². The standard InChI is InChI=1S/C16H13Cl3N4O5S/c1-29(27,28)22(14-6-11(17)5-12(18)7-14)9-16(24)21-20-8-10-4-13(23(25)26)2-3-15(10)19/h2-8H,9H2,1H3,(H,21,24)/b20-8+. The second-order valence-corrected chi connectivity index (χ2v) is 8.84. The first-order valence-electron chi connectivity index (χ1n) is 7.67. The summed E-state index contributed by atoms with van der Waals surface area (Å²) in [5, 5.41) is 15.0. The first-order chi connectivity index (χ1) is 13.5. The fourth-order valence-corrected chi connectivity index (χ4v) is 3.69. The van der Waals surface area contributed by atoms with Gasteiger partial charge in [-0.25, -0.2) is 13.8 Å². The third-order valence-electron chi connectivity index (χ3n) is 3.41. The van der Waals surface area contributed by atoms with Crippen LogP contribution in [0.15, 0.2) is 41.5 Å². The van der Waals surface area contributed by atoms with Gasteiger partial charge in [0.05, 0.1) is 23.1 Å². The summed E-state index contributed by atoms with van der Waals surface area (Å²) in [5.74, 6) is -0.774. The van der Waals surface area contributed by atoms with Crippen LogP contribution in [0.25, 0.3) is 0 Å². The third-order valence-corrected chi connectivity index (χ3v) is 5.33. The monoisotopic (exact) mass is 478 g/mol.